The molecule has 3 unspecified atom stereocenters. The van der Waals surface area contributed by atoms with Crippen LogP contribution in [0.15, 0.2) is 36.9 Å². The minimum atomic E-state index is 0.177. The smallest absolute Gasteiger partial charge is 0.227 e. The Morgan fingerprint density at radius 1 is 1.27 bits per heavy atom. The monoisotopic (exact) mass is 296 g/mol. The average Bonchev–Trinajstić information content (AvgIpc) is 3.25. The van der Waals surface area contributed by atoms with E-state index in [1.807, 2.05) is 23.0 Å². The van der Waals surface area contributed by atoms with Gasteiger partial charge in [0.2, 0.25) is 5.91 Å². The van der Waals surface area contributed by atoms with Gasteiger partial charge in [-0.2, -0.15) is 5.10 Å². The first kappa shape index (κ1) is 13.5. The fraction of sp³-hybridized carbons (Fsp3) is 0.471. The number of nitrogens with one attached hydrogen (secondary N) is 1. The lowest BCUT2D eigenvalue weighted by atomic mass is 9.88. The number of hydrogen-bond acceptors (Lipinski definition) is 3. The molecule has 1 amide bonds. The summed E-state index contributed by atoms with van der Waals surface area (Å²) in [5, 5.41) is 7.36. The molecule has 0 aliphatic heterocycles. The Labute approximate surface area is 129 Å². The van der Waals surface area contributed by atoms with Crippen LogP contribution < -0.4 is 5.32 Å². The van der Waals surface area contributed by atoms with Crippen LogP contribution in [0.1, 0.15) is 31.2 Å². The van der Waals surface area contributed by atoms with Crippen molar-refractivity contribution in [2.45, 2.75) is 32.2 Å². The van der Waals surface area contributed by atoms with E-state index in [2.05, 4.69) is 15.4 Å². The van der Waals surface area contributed by atoms with Gasteiger partial charge in [0.05, 0.1) is 18.4 Å². The zero-order chi connectivity index (χ0) is 14.9. The number of anilines is 1. The lowest BCUT2D eigenvalue weighted by Crippen LogP contribution is -2.27. The van der Waals surface area contributed by atoms with E-state index in [-0.39, 0.29) is 11.8 Å². The molecule has 5 nitrogen and oxygen atoms in total. The number of carbonyl (C=O) groups is 1. The van der Waals surface area contributed by atoms with Crippen molar-refractivity contribution in [1.29, 1.82) is 0 Å². The Morgan fingerprint density at radius 3 is 2.86 bits per heavy atom. The van der Waals surface area contributed by atoms with E-state index in [4.69, 9.17) is 0 Å². The Morgan fingerprint density at radius 2 is 2.14 bits per heavy atom. The molecule has 2 aromatic rings. The van der Waals surface area contributed by atoms with E-state index in [9.17, 15) is 4.79 Å². The van der Waals surface area contributed by atoms with E-state index in [0.717, 1.165) is 23.6 Å². The number of pyridine rings is 1. The van der Waals surface area contributed by atoms with Crippen LogP contribution in [-0.4, -0.2) is 20.7 Å². The summed E-state index contributed by atoms with van der Waals surface area (Å²) in [7, 11) is 0. The van der Waals surface area contributed by atoms with Gasteiger partial charge in [0.15, 0.2) is 0 Å². The van der Waals surface area contributed by atoms with Gasteiger partial charge in [-0.1, -0.05) is 6.42 Å². The lowest BCUT2D eigenvalue weighted by molar-refractivity contribution is -0.121. The number of fused-ring (bicyclic) bond motifs is 2. The van der Waals surface area contributed by atoms with Crippen LogP contribution in [0, 0.1) is 17.8 Å². The van der Waals surface area contributed by atoms with Gasteiger partial charge in [0.1, 0.15) is 0 Å². The van der Waals surface area contributed by atoms with Gasteiger partial charge < -0.3 is 5.32 Å². The van der Waals surface area contributed by atoms with Crippen molar-refractivity contribution in [3.05, 3.63) is 42.5 Å². The molecule has 0 spiro atoms. The van der Waals surface area contributed by atoms with E-state index >= 15 is 0 Å². The molecule has 2 bridgehead atoms. The maximum Gasteiger partial charge on any atom is 0.227 e. The first-order valence-electron chi connectivity index (χ1n) is 8.00. The van der Waals surface area contributed by atoms with Crippen molar-refractivity contribution in [2.75, 3.05) is 5.32 Å². The van der Waals surface area contributed by atoms with Crippen molar-refractivity contribution < 1.29 is 4.79 Å². The molecule has 2 saturated carbocycles. The van der Waals surface area contributed by atoms with Gasteiger partial charge in [0, 0.05) is 24.5 Å². The number of amides is 1. The summed E-state index contributed by atoms with van der Waals surface area (Å²) in [4.78, 5) is 16.4. The summed E-state index contributed by atoms with van der Waals surface area (Å²) < 4.78 is 1.84. The molecule has 3 atom stereocenters. The summed E-state index contributed by atoms with van der Waals surface area (Å²) in [6, 6.07) is 3.93. The van der Waals surface area contributed by atoms with E-state index in [0.29, 0.717) is 12.5 Å². The molecule has 22 heavy (non-hydrogen) atoms. The quantitative estimate of drug-likeness (QED) is 0.943. The second-order valence-electron chi connectivity index (χ2n) is 6.55. The predicted molar refractivity (Wildman–Crippen MR) is 83.1 cm³/mol. The van der Waals surface area contributed by atoms with E-state index < -0.39 is 0 Å². The van der Waals surface area contributed by atoms with Gasteiger partial charge in [0.25, 0.3) is 0 Å². The van der Waals surface area contributed by atoms with Gasteiger partial charge in [-0.3, -0.25) is 14.5 Å². The molecule has 0 radical (unpaired) electrons. The normalized spacial score (nSPS) is 26.3. The minimum Gasteiger partial charge on any atom is -0.323 e. The van der Waals surface area contributed by atoms with Gasteiger partial charge >= 0.3 is 0 Å². The third-order valence-electron chi connectivity index (χ3n) is 5.07. The summed E-state index contributed by atoms with van der Waals surface area (Å²) in [5.74, 6) is 1.78. The van der Waals surface area contributed by atoms with Crippen LogP contribution in [0.3, 0.4) is 0 Å². The summed E-state index contributed by atoms with van der Waals surface area (Å²) in [5.41, 5.74) is 1.94. The maximum atomic E-state index is 12.4. The first-order valence-corrected chi connectivity index (χ1v) is 8.00. The van der Waals surface area contributed by atoms with Crippen molar-refractivity contribution in [3.8, 4) is 0 Å². The number of hydrogen-bond donors (Lipinski definition) is 1. The molecule has 4 rings (SSSR count). The predicted octanol–water partition coefficient (Wildman–Crippen LogP) is 2.70. The van der Waals surface area contributed by atoms with Crippen molar-refractivity contribution in [3.63, 3.8) is 0 Å². The van der Waals surface area contributed by atoms with Crippen LogP contribution in [0.5, 0.6) is 0 Å². The van der Waals surface area contributed by atoms with Crippen LogP contribution in [-0.2, 0) is 11.3 Å². The van der Waals surface area contributed by atoms with Crippen molar-refractivity contribution in [1.82, 2.24) is 14.8 Å². The number of rotatable bonds is 4. The van der Waals surface area contributed by atoms with Gasteiger partial charge in [-0.05, 0) is 48.8 Å². The molecule has 0 aromatic carbocycles. The molecule has 2 aromatic heterocycles. The summed E-state index contributed by atoms with van der Waals surface area (Å²) in [6.07, 6.45) is 12.0. The van der Waals surface area contributed by atoms with Gasteiger partial charge in [-0.25, -0.2) is 0 Å². The SMILES string of the molecule is O=C(Nc1cnn(Cc2ccncc2)c1)C1CC2CCC1C2. The Hall–Kier alpha value is -2.17. The molecule has 2 heterocycles. The summed E-state index contributed by atoms with van der Waals surface area (Å²) >= 11 is 0. The fourth-order valence-electron chi connectivity index (χ4n) is 3.99. The van der Waals surface area contributed by atoms with Crippen molar-refractivity contribution >= 4 is 11.6 Å². The molecular weight excluding hydrogens is 276 g/mol. The highest BCUT2D eigenvalue weighted by atomic mass is 16.1. The largest absolute Gasteiger partial charge is 0.323 e. The van der Waals surface area contributed by atoms with E-state index in [1.165, 1.54) is 19.3 Å². The van der Waals surface area contributed by atoms with Crippen LogP contribution in [0.25, 0.3) is 0 Å². The maximum absolute atomic E-state index is 12.4. The molecular formula is C17H20N4O. The number of carbonyl (C=O) groups excluding carboxylic acids is 1. The zero-order valence-corrected chi connectivity index (χ0v) is 12.5. The average molecular weight is 296 g/mol. The Balaban J connectivity index is 1.38. The first-order chi connectivity index (χ1) is 10.8. The second kappa shape index (κ2) is 5.55. The third-order valence-corrected chi connectivity index (χ3v) is 5.07. The minimum absolute atomic E-state index is 0.177. The zero-order valence-electron chi connectivity index (χ0n) is 12.5. The van der Waals surface area contributed by atoms with E-state index in [1.54, 1.807) is 18.6 Å². The van der Waals surface area contributed by atoms with Crippen LogP contribution >= 0.6 is 0 Å². The molecule has 0 saturated heterocycles. The molecule has 114 valence electrons. The lowest BCUT2D eigenvalue weighted by Gasteiger charge is -2.20. The van der Waals surface area contributed by atoms with Gasteiger partial charge in [-0.15, -0.1) is 0 Å². The Bertz CT molecular complexity index is 666. The van der Waals surface area contributed by atoms with Crippen molar-refractivity contribution in [2.24, 2.45) is 17.8 Å². The van der Waals surface area contributed by atoms with Crippen LogP contribution in [0.4, 0.5) is 5.69 Å². The summed E-state index contributed by atoms with van der Waals surface area (Å²) in [6.45, 7) is 0.687. The molecule has 2 fully saturated rings. The third kappa shape index (κ3) is 2.63. The highest BCUT2D eigenvalue weighted by Crippen LogP contribution is 2.48. The number of nitrogens with zero attached hydrogens (tertiary/aromatic N) is 3. The fourth-order valence-corrected chi connectivity index (χ4v) is 3.99. The second-order valence-corrected chi connectivity index (χ2v) is 6.55. The Kier molecular flexibility index (Phi) is 3.41. The molecule has 2 aliphatic carbocycles. The topological polar surface area (TPSA) is 59.8 Å². The molecule has 1 N–H and O–H groups in total. The molecule has 5 heteroatoms. The van der Waals surface area contributed by atoms with Crippen LogP contribution in [0.2, 0.25) is 0 Å². The standard InChI is InChI=1S/C17H20N4O/c22-17(16-8-13-1-2-14(16)7-13)20-15-9-19-21(11-15)10-12-3-5-18-6-4-12/h3-6,9,11,13-14,16H,1-2,7-8,10H2,(H,20,22). The number of aromatic nitrogens is 3. The highest BCUT2D eigenvalue weighted by molar-refractivity contribution is 5.92. The molecule has 2 aliphatic rings. The highest BCUT2D eigenvalue weighted by Gasteiger charge is 2.43.